The Bertz CT molecular complexity index is 346. The Hall–Kier alpha value is -1.59. The summed E-state index contributed by atoms with van der Waals surface area (Å²) in [6, 6.07) is -0.771. The third-order valence-corrected chi connectivity index (χ3v) is 2.46. The van der Waals surface area contributed by atoms with Crippen LogP contribution in [-0.2, 0) is 4.74 Å². The van der Waals surface area contributed by atoms with Gasteiger partial charge in [-0.25, -0.2) is 4.79 Å². The molecule has 6 nitrogen and oxygen atoms in total. The molecule has 6 heteroatoms. The van der Waals surface area contributed by atoms with Crippen molar-refractivity contribution in [3.63, 3.8) is 0 Å². The fourth-order valence-corrected chi connectivity index (χ4v) is 1.51. The first-order valence-corrected chi connectivity index (χ1v) is 5.52. The summed E-state index contributed by atoms with van der Waals surface area (Å²) >= 11 is 0. The predicted molar refractivity (Wildman–Crippen MR) is 62.0 cm³/mol. The third-order valence-electron chi connectivity index (χ3n) is 2.46. The van der Waals surface area contributed by atoms with Gasteiger partial charge < -0.3 is 4.74 Å². The summed E-state index contributed by atoms with van der Waals surface area (Å²) in [5.74, 6) is -0.177. The quantitative estimate of drug-likeness (QED) is 0.521. The molecule has 1 heterocycles. The lowest BCUT2D eigenvalue weighted by molar-refractivity contribution is -0.529. The van der Waals surface area contributed by atoms with E-state index in [1.807, 2.05) is 0 Å². The zero-order valence-electron chi connectivity index (χ0n) is 10.5. The van der Waals surface area contributed by atoms with Crippen molar-refractivity contribution in [1.29, 1.82) is 0 Å². The smallest absolute Gasteiger partial charge is 0.414 e. The summed E-state index contributed by atoms with van der Waals surface area (Å²) in [5.41, 5.74) is -0.599. The van der Waals surface area contributed by atoms with E-state index in [9.17, 15) is 14.9 Å². The molecule has 2 atom stereocenters. The summed E-state index contributed by atoms with van der Waals surface area (Å²) in [7, 11) is 0. The van der Waals surface area contributed by atoms with E-state index >= 15 is 0 Å². The van der Waals surface area contributed by atoms with Crippen LogP contribution in [0.4, 0.5) is 4.79 Å². The molecule has 1 amide bonds. The largest absolute Gasteiger partial charge is 0.443 e. The van der Waals surface area contributed by atoms with Gasteiger partial charge in [0.05, 0.1) is 6.54 Å². The van der Waals surface area contributed by atoms with E-state index in [-0.39, 0.29) is 17.4 Å². The number of hydrogen-bond acceptors (Lipinski definition) is 4. The van der Waals surface area contributed by atoms with Crippen LogP contribution in [-0.4, -0.2) is 34.1 Å². The van der Waals surface area contributed by atoms with Gasteiger partial charge in [0.25, 0.3) is 0 Å². The zero-order chi connectivity index (χ0) is 13.2. The second-order valence-electron chi connectivity index (χ2n) is 5.19. The number of amides is 1. The molecule has 1 aliphatic heterocycles. The lowest BCUT2D eigenvalue weighted by atomic mass is 9.99. The fourth-order valence-electron chi connectivity index (χ4n) is 1.51. The summed E-state index contributed by atoms with van der Waals surface area (Å²) in [6.45, 7) is 7.08. The predicted octanol–water partition coefficient (Wildman–Crippen LogP) is 2.03. The monoisotopic (exact) mass is 242 g/mol. The first-order valence-electron chi connectivity index (χ1n) is 5.52. The Morgan fingerprint density at radius 1 is 1.53 bits per heavy atom. The lowest BCUT2D eigenvalue weighted by Gasteiger charge is -2.29. The van der Waals surface area contributed by atoms with E-state index in [4.69, 9.17) is 4.74 Å². The molecule has 0 unspecified atom stereocenters. The van der Waals surface area contributed by atoms with Crippen molar-refractivity contribution in [2.45, 2.75) is 39.3 Å². The normalized spacial score (nSPS) is 24.6. The van der Waals surface area contributed by atoms with Crippen LogP contribution in [0, 0.1) is 16.0 Å². The van der Waals surface area contributed by atoms with Crippen molar-refractivity contribution in [3.8, 4) is 0 Å². The molecule has 1 rings (SSSR count). The molecule has 0 aliphatic carbocycles. The van der Waals surface area contributed by atoms with Gasteiger partial charge in [0.1, 0.15) is 5.60 Å². The van der Waals surface area contributed by atoms with Crippen molar-refractivity contribution in [2.24, 2.45) is 5.92 Å². The molecule has 0 aromatic heterocycles. The van der Waals surface area contributed by atoms with Gasteiger partial charge in [0, 0.05) is 17.0 Å². The average molecular weight is 242 g/mol. The number of carbonyl (C=O) groups is 1. The summed E-state index contributed by atoms with van der Waals surface area (Å²) in [6.07, 6.45) is 2.66. The maximum atomic E-state index is 11.7. The first kappa shape index (κ1) is 13.5. The highest BCUT2D eigenvalue weighted by Gasteiger charge is 2.34. The fraction of sp³-hybridized carbons (Fsp3) is 0.727. The molecule has 1 aliphatic rings. The SMILES string of the molecule is C[C@H]1C=CN(C(=O)OC(C)(C)C)C[C@@H]1[N+](=O)[O-]. The van der Waals surface area contributed by atoms with Crippen LogP contribution < -0.4 is 0 Å². The highest BCUT2D eigenvalue weighted by Crippen LogP contribution is 2.19. The Morgan fingerprint density at radius 3 is 2.59 bits per heavy atom. The molecule has 0 N–H and O–H groups in total. The van der Waals surface area contributed by atoms with Gasteiger partial charge >= 0.3 is 6.09 Å². The van der Waals surface area contributed by atoms with Gasteiger partial charge in [-0.1, -0.05) is 13.0 Å². The second kappa shape index (κ2) is 4.73. The van der Waals surface area contributed by atoms with E-state index in [0.29, 0.717) is 0 Å². The number of rotatable bonds is 1. The molecule has 0 bridgehead atoms. The van der Waals surface area contributed by atoms with Gasteiger partial charge in [-0.15, -0.1) is 0 Å². The number of ether oxygens (including phenoxy) is 1. The van der Waals surface area contributed by atoms with Crippen molar-refractivity contribution < 1.29 is 14.5 Å². The van der Waals surface area contributed by atoms with E-state index in [2.05, 4.69) is 0 Å². The highest BCUT2D eigenvalue weighted by atomic mass is 16.6. The Kier molecular flexibility index (Phi) is 3.75. The van der Waals surface area contributed by atoms with Crippen LogP contribution in [0.25, 0.3) is 0 Å². The molecule has 17 heavy (non-hydrogen) atoms. The average Bonchev–Trinajstić information content (AvgIpc) is 2.14. The summed E-state index contributed by atoms with van der Waals surface area (Å²) < 4.78 is 5.15. The molecule has 0 aromatic carbocycles. The van der Waals surface area contributed by atoms with Crippen molar-refractivity contribution in [3.05, 3.63) is 22.4 Å². The minimum absolute atomic E-state index is 0.0551. The maximum absolute atomic E-state index is 11.7. The Balaban J connectivity index is 2.71. The van der Waals surface area contributed by atoms with Crippen LogP contribution >= 0.6 is 0 Å². The number of hydrogen-bond donors (Lipinski definition) is 0. The molecule has 0 radical (unpaired) electrons. The maximum Gasteiger partial charge on any atom is 0.414 e. The summed E-state index contributed by atoms with van der Waals surface area (Å²) in [4.78, 5) is 23.4. The van der Waals surface area contributed by atoms with Crippen LogP contribution in [0.5, 0.6) is 0 Å². The third kappa shape index (κ3) is 3.72. The Labute approximate surface area is 100 Å². The van der Waals surface area contributed by atoms with Crippen molar-refractivity contribution in [1.82, 2.24) is 4.90 Å². The van der Waals surface area contributed by atoms with Gasteiger partial charge in [-0.05, 0) is 20.8 Å². The molecular formula is C11H18N2O4. The second-order valence-corrected chi connectivity index (χ2v) is 5.19. The minimum Gasteiger partial charge on any atom is -0.443 e. The standard InChI is InChI=1S/C11H18N2O4/c1-8-5-6-12(7-9(8)13(15)16)10(14)17-11(2,3)4/h5-6,8-9H,7H2,1-4H3/t8-,9-/m0/s1. The highest BCUT2D eigenvalue weighted by molar-refractivity contribution is 5.69. The van der Waals surface area contributed by atoms with Gasteiger partial charge in [-0.2, -0.15) is 0 Å². The zero-order valence-corrected chi connectivity index (χ0v) is 10.5. The number of carbonyl (C=O) groups excluding carboxylic acids is 1. The molecule has 0 aromatic rings. The van der Waals surface area contributed by atoms with Crippen LogP contribution in [0.2, 0.25) is 0 Å². The molecule has 96 valence electrons. The van der Waals surface area contributed by atoms with Crippen LogP contribution in [0.3, 0.4) is 0 Å². The molecule has 0 spiro atoms. The van der Waals surface area contributed by atoms with E-state index in [0.717, 1.165) is 0 Å². The minimum atomic E-state index is -0.771. The van der Waals surface area contributed by atoms with Crippen molar-refractivity contribution >= 4 is 6.09 Å². The first-order chi connectivity index (χ1) is 7.70. The topological polar surface area (TPSA) is 72.7 Å². The van der Waals surface area contributed by atoms with Gasteiger partial charge in [0.2, 0.25) is 6.04 Å². The molecular weight excluding hydrogens is 224 g/mol. The van der Waals surface area contributed by atoms with Crippen molar-refractivity contribution in [2.75, 3.05) is 6.54 Å². The van der Waals surface area contributed by atoms with Crippen LogP contribution in [0.1, 0.15) is 27.7 Å². The molecule has 0 saturated carbocycles. The van der Waals surface area contributed by atoms with Gasteiger partial charge in [-0.3, -0.25) is 15.0 Å². The van der Waals surface area contributed by atoms with E-state index < -0.39 is 17.7 Å². The molecule has 0 fully saturated rings. The summed E-state index contributed by atoms with van der Waals surface area (Å²) in [5, 5.41) is 10.8. The Morgan fingerprint density at radius 2 is 2.12 bits per heavy atom. The molecule has 0 saturated heterocycles. The van der Waals surface area contributed by atoms with Gasteiger partial charge in [0.15, 0.2) is 0 Å². The van der Waals surface area contributed by atoms with E-state index in [1.165, 1.54) is 4.90 Å². The van der Waals surface area contributed by atoms with Crippen LogP contribution in [0.15, 0.2) is 12.3 Å². The number of nitro groups is 1. The number of nitrogens with zero attached hydrogens (tertiary/aromatic N) is 2. The lowest BCUT2D eigenvalue weighted by Crippen LogP contribution is -2.45. The van der Waals surface area contributed by atoms with E-state index in [1.54, 1.807) is 40.0 Å².